The van der Waals surface area contributed by atoms with Gasteiger partial charge >= 0.3 is 0 Å². The molecule has 0 atom stereocenters. The van der Waals surface area contributed by atoms with Gasteiger partial charge in [-0.05, 0) is 57.6 Å². The largest absolute Gasteiger partial charge is 0.351 e. The van der Waals surface area contributed by atoms with Gasteiger partial charge in [0.2, 0.25) is 5.95 Å². The van der Waals surface area contributed by atoms with Crippen LogP contribution < -0.4 is 15.8 Å². The predicted molar refractivity (Wildman–Crippen MR) is 143 cm³/mol. The summed E-state index contributed by atoms with van der Waals surface area (Å²) in [5, 5.41) is 3.42. The normalized spacial score (nSPS) is 20.7. The molecule has 9 nitrogen and oxygen atoms in total. The average Bonchev–Trinajstić information content (AvgIpc) is 3.45. The number of rotatable bonds is 6. The second kappa shape index (κ2) is 11.3. The number of imidazole rings is 1. The Morgan fingerprint density at radius 2 is 1.63 bits per heavy atom. The number of hydrogen-bond acceptors (Lipinski definition) is 7. The number of aryl methyl sites for hydroxylation is 1. The molecule has 0 unspecified atom stereocenters. The van der Waals surface area contributed by atoms with E-state index < -0.39 is 10.0 Å². The monoisotopic (exact) mass is 541 g/mol. The highest BCUT2D eigenvalue weighted by Gasteiger charge is 2.25. The van der Waals surface area contributed by atoms with Crippen LogP contribution in [0.1, 0.15) is 63.0 Å². The highest BCUT2D eigenvalue weighted by molar-refractivity contribution is 7.92. The molecule has 0 radical (unpaired) electrons. The van der Waals surface area contributed by atoms with E-state index in [2.05, 4.69) is 24.6 Å². The van der Waals surface area contributed by atoms with E-state index in [1.165, 1.54) is 12.8 Å². The fourth-order valence-corrected chi connectivity index (χ4v) is 5.86. The Labute approximate surface area is 218 Å². The average molecular weight is 543 g/mol. The van der Waals surface area contributed by atoms with Crippen molar-refractivity contribution in [2.24, 2.45) is 5.73 Å². The van der Waals surface area contributed by atoms with Crippen molar-refractivity contribution in [2.45, 2.75) is 81.3 Å². The summed E-state index contributed by atoms with van der Waals surface area (Å²) < 4.78 is 31.0. The van der Waals surface area contributed by atoms with E-state index in [0.717, 1.165) is 44.1 Å². The molecular weight excluding hydrogens is 509 g/mol. The number of sulfonamides is 1. The fourth-order valence-electron chi connectivity index (χ4n) is 4.85. The molecule has 0 amide bonds. The molecule has 4 N–H and O–H groups in total. The van der Waals surface area contributed by atoms with E-state index in [4.69, 9.17) is 10.7 Å². The van der Waals surface area contributed by atoms with Crippen LogP contribution in [-0.4, -0.2) is 40.0 Å². The lowest BCUT2D eigenvalue weighted by Gasteiger charge is -2.27. The molecule has 5 rings (SSSR count). The minimum absolute atomic E-state index is 0. The van der Waals surface area contributed by atoms with Gasteiger partial charge in [0.25, 0.3) is 10.0 Å². The van der Waals surface area contributed by atoms with Gasteiger partial charge in [-0.25, -0.2) is 13.4 Å². The molecule has 12 heteroatoms. The molecule has 1 aromatic carbocycles. The zero-order valence-corrected chi connectivity index (χ0v) is 22.1. The SMILES string of the molecule is Cc1ccc(S(=O)(=O)Nc2nc(N[C@H]3CC[C@H](N)CC3)nc3c2ncn3C2CCCC2)cc1.Cl.Cl. The lowest BCUT2D eigenvalue weighted by molar-refractivity contribution is 0.410. The molecule has 2 saturated carbocycles. The summed E-state index contributed by atoms with van der Waals surface area (Å²) in [7, 11) is -3.82. The molecule has 0 spiro atoms. The highest BCUT2D eigenvalue weighted by atomic mass is 35.5. The third-order valence-corrected chi connectivity index (χ3v) is 8.16. The second-order valence-electron chi connectivity index (χ2n) is 9.33. The zero-order chi connectivity index (χ0) is 23.0. The van der Waals surface area contributed by atoms with E-state index in [1.807, 2.05) is 6.92 Å². The molecule has 2 heterocycles. The molecule has 2 aromatic heterocycles. The van der Waals surface area contributed by atoms with Gasteiger partial charge in [0, 0.05) is 18.1 Å². The van der Waals surface area contributed by atoms with Crippen LogP contribution in [0.2, 0.25) is 0 Å². The Bertz CT molecular complexity index is 1240. The van der Waals surface area contributed by atoms with Crippen molar-refractivity contribution < 1.29 is 8.42 Å². The number of fused-ring (bicyclic) bond motifs is 1. The lowest BCUT2D eigenvalue weighted by atomic mass is 9.92. The number of halogens is 2. The van der Waals surface area contributed by atoms with Gasteiger partial charge in [0.15, 0.2) is 17.0 Å². The third-order valence-electron chi connectivity index (χ3n) is 6.81. The molecule has 192 valence electrons. The Balaban J connectivity index is 0.00000171. The number of hydrogen-bond donors (Lipinski definition) is 3. The summed E-state index contributed by atoms with van der Waals surface area (Å²) in [5.74, 6) is 0.622. The molecule has 2 fully saturated rings. The van der Waals surface area contributed by atoms with Crippen LogP contribution in [-0.2, 0) is 10.0 Å². The maximum Gasteiger partial charge on any atom is 0.263 e. The lowest BCUT2D eigenvalue weighted by Crippen LogP contribution is -2.33. The first-order chi connectivity index (χ1) is 15.9. The van der Waals surface area contributed by atoms with Crippen LogP contribution in [0.3, 0.4) is 0 Å². The van der Waals surface area contributed by atoms with Crippen LogP contribution in [0.25, 0.3) is 11.2 Å². The summed E-state index contributed by atoms with van der Waals surface area (Å²) in [4.78, 5) is 14.0. The van der Waals surface area contributed by atoms with Crippen molar-refractivity contribution in [1.82, 2.24) is 19.5 Å². The summed E-state index contributed by atoms with van der Waals surface area (Å²) >= 11 is 0. The highest BCUT2D eigenvalue weighted by Crippen LogP contribution is 2.33. The van der Waals surface area contributed by atoms with E-state index in [0.29, 0.717) is 23.2 Å². The molecule has 0 aliphatic heterocycles. The number of nitrogens with one attached hydrogen (secondary N) is 2. The molecule has 2 aliphatic rings. The van der Waals surface area contributed by atoms with Gasteiger partial charge in [-0.15, -0.1) is 24.8 Å². The van der Waals surface area contributed by atoms with Gasteiger partial charge in [0.05, 0.1) is 11.2 Å². The van der Waals surface area contributed by atoms with Crippen molar-refractivity contribution in [2.75, 3.05) is 10.0 Å². The predicted octanol–water partition coefficient (Wildman–Crippen LogP) is 4.58. The smallest absolute Gasteiger partial charge is 0.263 e. The Kier molecular flexibility index (Phi) is 8.85. The molecule has 0 saturated heterocycles. The number of nitrogens with zero attached hydrogens (tertiary/aromatic N) is 4. The second-order valence-corrected chi connectivity index (χ2v) is 11.0. The number of nitrogens with two attached hydrogens (primary N) is 1. The van der Waals surface area contributed by atoms with Crippen molar-refractivity contribution >= 4 is 57.8 Å². The molecule has 2 aliphatic carbocycles. The first kappa shape index (κ1) is 27.4. The van der Waals surface area contributed by atoms with Crippen molar-refractivity contribution in [1.29, 1.82) is 0 Å². The van der Waals surface area contributed by atoms with Crippen molar-refractivity contribution in [3.8, 4) is 0 Å². The van der Waals surface area contributed by atoms with Crippen LogP contribution in [0.4, 0.5) is 11.8 Å². The van der Waals surface area contributed by atoms with Crippen LogP contribution in [0.5, 0.6) is 0 Å². The first-order valence-corrected chi connectivity index (χ1v) is 13.2. The van der Waals surface area contributed by atoms with E-state index >= 15 is 0 Å². The standard InChI is InChI=1S/C23H31N7O2S.2ClH/c1-15-6-12-19(13-7-15)33(31,32)29-21-20-22(30(14-25-20)18-4-2-3-5-18)28-23(27-21)26-17-10-8-16(24)9-11-17;;/h6-7,12-14,16-18H,2-5,8-11,24H2,1H3,(H2,26,27,28,29);2*1H/t16-,17-;;. The number of aromatic nitrogens is 4. The van der Waals surface area contributed by atoms with Gasteiger partial charge in [-0.3, -0.25) is 4.72 Å². The number of benzene rings is 1. The number of anilines is 2. The molecule has 3 aromatic rings. The minimum Gasteiger partial charge on any atom is -0.351 e. The van der Waals surface area contributed by atoms with E-state index in [9.17, 15) is 8.42 Å². The fraction of sp³-hybridized carbons (Fsp3) is 0.522. The third kappa shape index (κ3) is 5.99. The van der Waals surface area contributed by atoms with Crippen LogP contribution in [0.15, 0.2) is 35.5 Å². The van der Waals surface area contributed by atoms with Gasteiger partial charge < -0.3 is 15.6 Å². The quantitative estimate of drug-likeness (QED) is 0.416. The Morgan fingerprint density at radius 3 is 2.29 bits per heavy atom. The summed E-state index contributed by atoms with van der Waals surface area (Å²) in [6, 6.07) is 7.53. The van der Waals surface area contributed by atoms with Crippen LogP contribution in [0, 0.1) is 6.92 Å². The maximum atomic E-state index is 13.1. The Morgan fingerprint density at radius 1 is 0.971 bits per heavy atom. The molecule has 0 bridgehead atoms. The van der Waals surface area contributed by atoms with E-state index in [1.54, 1.807) is 30.6 Å². The molecular formula is C23H33Cl2N7O2S. The zero-order valence-electron chi connectivity index (χ0n) is 19.7. The molecule has 35 heavy (non-hydrogen) atoms. The topological polar surface area (TPSA) is 128 Å². The first-order valence-electron chi connectivity index (χ1n) is 11.8. The van der Waals surface area contributed by atoms with E-state index in [-0.39, 0.29) is 47.6 Å². The summed E-state index contributed by atoms with van der Waals surface area (Å²) in [6.45, 7) is 1.92. The summed E-state index contributed by atoms with van der Waals surface area (Å²) in [6.07, 6.45) is 10.0. The van der Waals surface area contributed by atoms with Gasteiger partial charge in [-0.1, -0.05) is 30.5 Å². The van der Waals surface area contributed by atoms with Crippen LogP contribution >= 0.6 is 24.8 Å². The van der Waals surface area contributed by atoms with Crippen molar-refractivity contribution in [3.05, 3.63) is 36.2 Å². The summed E-state index contributed by atoms with van der Waals surface area (Å²) in [5.41, 5.74) is 8.17. The van der Waals surface area contributed by atoms with Crippen molar-refractivity contribution in [3.63, 3.8) is 0 Å². The maximum absolute atomic E-state index is 13.1. The van der Waals surface area contributed by atoms with Gasteiger partial charge in [0.1, 0.15) is 0 Å². The Hall–Kier alpha value is -2.14. The minimum atomic E-state index is -3.82. The van der Waals surface area contributed by atoms with Gasteiger partial charge in [-0.2, -0.15) is 9.97 Å².